The first-order valence-corrected chi connectivity index (χ1v) is 7.21. The quantitative estimate of drug-likeness (QED) is 0.849. The molecule has 1 aliphatic rings. The highest BCUT2D eigenvalue weighted by atomic mass is 19.1. The van der Waals surface area contributed by atoms with E-state index in [-0.39, 0.29) is 5.82 Å². The van der Waals surface area contributed by atoms with Gasteiger partial charge in [-0.1, -0.05) is 25.0 Å². The third-order valence-corrected chi connectivity index (χ3v) is 4.16. The molecule has 1 aliphatic carbocycles. The molecule has 2 rings (SSSR count). The van der Waals surface area contributed by atoms with E-state index < -0.39 is 0 Å². The molecule has 0 heterocycles. The summed E-state index contributed by atoms with van der Waals surface area (Å²) in [6, 6.07) is 6.93. The van der Waals surface area contributed by atoms with Crippen LogP contribution in [0.2, 0.25) is 0 Å². The van der Waals surface area contributed by atoms with Crippen molar-refractivity contribution in [1.82, 2.24) is 10.2 Å². The Kier molecular flexibility index (Phi) is 4.94. The van der Waals surface area contributed by atoms with Crippen LogP contribution < -0.4 is 5.32 Å². The lowest BCUT2D eigenvalue weighted by molar-refractivity contribution is 0.170. The fraction of sp³-hybridized carbons (Fsp3) is 0.625. The molecule has 0 unspecified atom stereocenters. The molecule has 0 bridgehead atoms. The van der Waals surface area contributed by atoms with E-state index in [1.165, 1.54) is 31.7 Å². The zero-order valence-electron chi connectivity index (χ0n) is 12.1. The Morgan fingerprint density at radius 2 is 2.05 bits per heavy atom. The summed E-state index contributed by atoms with van der Waals surface area (Å²) >= 11 is 0. The van der Waals surface area contributed by atoms with Crippen LogP contribution in [0.5, 0.6) is 0 Å². The van der Waals surface area contributed by atoms with Gasteiger partial charge in [-0.3, -0.25) is 0 Å². The molecule has 0 aromatic heterocycles. The smallest absolute Gasteiger partial charge is 0.123 e. The Labute approximate surface area is 116 Å². The first-order chi connectivity index (χ1) is 9.13. The Balaban J connectivity index is 1.94. The minimum atomic E-state index is -0.142. The summed E-state index contributed by atoms with van der Waals surface area (Å²) in [4.78, 5) is 2.33. The molecule has 0 saturated heterocycles. The van der Waals surface area contributed by atoms with Crippen LogP contribution in [0, 0.1) is 11.2 Å². The van der Waals surface area contributed by atoms with Crippen molar-refractivity contribution >= 4 is 0 Å². The number of nitrogens with one attached hydrogen (secondary N) is 1. The number of halogens is 1. The molecule has 1 aromatic carbocycles. The summed E-state index contributed by atoms with van der Waals surface area (Å²) in [6.07, 6.45) is 5.30. The summed E-state index contributed by atoms with van der Waals surface area (Å²) in [5.74, 6) is -0.142. The number of hydrogen-bond acceptors (Lipinski definition) is 2. The van der Waals surface area contributed by atoms with E-state index in [9.17, 15) is 4.39 Å². The molecular weight excluding hydrogens is 239 g/mol. The second kappa shape index (κ2) is 6.49. The van der Waals surface area contributed by atoms with Crippen molar-refractivity contribution < 1.29 is 4.39 Å². The molecule has 19 heavy (non-hydrogen) atoms. The van der Waals surface area contributed by atoms with Crippen molar-refractivity contribution in [3.05, 3.63) is 35.6 Å². The van der Waals surface area contributed by atoms with Crippen molar-refractivity contribution in [1.29, 1.82) is 0 Å². The predicted molar refractivity (Wildman–Crippen MR) is 77.6 cm³/mol. The monoisotopic (exact) mass is 264 g/mol. The van der Waals surface area contributed by atoms with E-state index in [0.29, 0.717) is 5.41 Å². The van der Waals surface area contributed by atoms with E-state index >= 15 is 0 Å². The molecule has 106 valence electrons. The topological polar surface area (TPSA) is 15.3 Å². The van der Waals surface area contributed by atoms with Crippen molar-refractivity contribution in [2.24, 2.45) is 5.41 Å². The molecular formula is C16H25FN2. The molecule has 0 spiro atoms. The first kappa shape index (κ1) is 14.5. The summed E-state index contributed by atoms with van der Waals surface area (Å²) in [6.45, 7) is 2.99. The zero-order valence-corrected chi connectivity index (χ0v) is 12.1. The number of rotatable bonds is 6. The second-order valence-electron chi connectivity index (χ2n) is 6.04. The van der Waals surface area contributed by atoms with Gasteiger partial charge in [0.05, 0.1) is 0 Å². The first-order valence-electron chi connectivity index (χ1n) is 7.21. The van der Waals surface area contributed by atoms with Gasteiger partial charge in [-0.05, 0) is 50.0 Å². The Hall–Kier alpha value is -0.930. The molecule has 1 aromatic rings. The van der Waals surface area contributed by atoms with E-state index in [4.69, 9.17) is 0 Å². The molecule has 3 heteroatoms. The maximum atomic E-state index is 13.2. The summed E-state index contributed by atoms with van der Waals surface area (Å²) in [5, 5.41) is 3.34. The third kappa shape index (κ3) is 4.02. The molecule has 1 fully saturated rings. The van der Waals surface area contributed by atoms with E-state index in [0.717, 1.165) is 25.2 Å². The summed E-state index contributed by atoms with van der Waals surface area (Å²) in [5.41, 5.74) is 1.47. The van der Waals surface area contributed by atoms with Crippen molar-refractivity contribution in [3.8, 4) is 0 Å². The van der Waals surface area contributed by atoms with Crippen molar-refractivity contribution in [2.45, 2.75) is 32.2 Å². The number of nitrogens with zero attached hydrogens (tertiary/aromatic N) is 1. The molecule has 1 N–H and O–H groups in total. The maximum absolute atomic E-state index is 13.2. The van der Waals surface area contributed by atoms with Crippen LogP contribution in [-0.4, -0.2) is 32.1 Å². The van der Waals surface area contributed by atoms with Crippen LogP contribution in [0.25, 0.3) is 0 Å². The third-order valence-electron chi connectivity index (χ3n) is 4.16. The van der Waals surface area contributed by atoms with Gasteiger partial charge in [0.15, 0.2) is 0 Å². The van der Waals surface area contributed by atoms with Gasteiger partial charge in [0.2, 0.25) is 0 Å². The largest absolute Gasteiger partial charge is 0.319 e. The van der Waals surface area contributed by atoms with E-state index in [1.807, 2.05) is 13.1 Å². The molecule has 0 atom stereocenters. The average Bonchev–Trinajstić information content (AvgIpc) is 2.77. The summed E-state index contributed by atoms with van der Waals surface area (Å²) < 4.78 is 13.2. The van der Waals surface area contributed by atoms with Crippen LogP contribution in [-0.2, 0) is 6.54 Å². The lowest BCUT2D eigenvalue weighted by Crippen LogP contribution is -2.40. The van der Waals surface area contributed by atoms with Crippen LogP contribution in [0.15, 0.2) is 24.3 Å². The van der Waals surface area contributed by atoms with E-state index in [2.05, 4.69) is 17.3 Å². The second-order valence-corrected chi connectivity index (χ2v) is 6.04. The predicted octanol–water partition coefficient (Wildman–Crippen LogP) is 3.04. The highest BCUT2D eigenvalue weighted by Gasteiger charge is 2.34. The van der Waals surface area contributed by atoms with Gasteiger partial charge >= 0.3 is 0 Å². The molecule has 2 nitrogen and oxygen atoms in total. The van der Waals surface area contributed by atoms with Crippen molar-refractivity contribution in [3.63, 3.8) is 0 Å². The van der Waals surface area contributed by atoms with Gasteiger partial charge in [-0.25, -0.2) is 4.39 Å². The van der Waals surface area contributed by atoms with Gasteiger partial charge in [0.1, 0.15) is 5.82 Å². The molecule has 0 aliphatic heterocycles. The van der Waals surface area contributed by atoms with Crippen LogP contribution >= 0.6 is 0 Å². The molecule has 0 amide bonds. The number of benzene rings is 1. The molecule has 1 saturated carbocycles. The van der Waals surface area contributed by atoms with Crippen LogP contribution in [0.3, 0.4) is 0 Å². The molecule has 0 radical (unpaired) electrons. The number of hydrogen-bond donors (Lipinski definition) is 1. The lowest BCUT2D eigenvalue weighted by atomic mass is 9.85. The van der Waals surface area contributed by atoms with Gasteiger partial charge < -0.3 is 10.2 Å². The Morgan fingerprint density at radius 1 is 1.32 bits per heavy atom. The van der Waals surface area contributed by atoms with Crippen molar-refractivity contribution in [2.75, 3.05) is 27.2 Å². The normalized spacial score (nSPS) is 18.1. The summed E-state index contributed by atoms with van der Waals surface area (Å²) in [7, 11) is 4.17. The highest BCUT2D eigenvalue weighted by molar-refractivity contribution is 5.16. The Morgan fingerprint density at radius 3 is 2.68 bits per heavy atom. The average molecular weight is 264 g/mol. The van der Waals surface area contributed by atoms with Crippen LogP contribution in [0.4, 0.5) is 4.39 Å². The standard InChI is InChI=1S/C16H25FN2/c1-18-12-16(8-3-4-9-16)13-19(2)11-14-6-5-7-15(17)10-14/h5-7,10,18H,3-4,8-9,11-13H2,1-2H3. The van der Waals surface area contributed by atoms with Gasteiger partial charge in [-0.15, -0.1) is 0 Å². The minimum absolute atomic E-state index is 0.142. The minimum Gasteiger partial charge on any atom is -0.319 e. The highest BCUT2D eigenvalue weighted by Crippen LogP contribution is 2.38. The maximum Gasteiger partial charge on any atom is 0.123 e. The zero-order chi connectivity index (χ0) is 13.7. The lowest BCUT2D eigenvalue weighted by Gasteiger charge is -2.33. The fourth-order valence-electron chi connectivity index (χ4n) is 3.47. The SMILES string of the molecule is CNCC1(CN(C)Cc2cccc(F)c2)CCCC1. The van der Waals surface area contributed by atoms with Gasteiger partial charge in [0.25, 0.3) is 0 Å². The van der Waals surface area contributed by atoms with E-state index in [1.54, 1.807) is 12.1 Å². The van der Waals surface area contributed by atoms with Gasteiger partial charge in [0, 0.05) is 19.6 Å². The fourth-order valence-corrected chi connectivity index (χ4v) is 3.47. The Bertz CT molecular complexity index is 399. The van der Waals surface area contributed by atoms with Crippen LogP contribution in [0.1, 0.15) is 31.2 Å². The van der Waals surface area contributed by atoms with Gasteiger partial charge in [-0.2, -0.15) is 0 Å².